The molecule has 1 aromatic carbocycles. The van der Waals surface area contributed by atoms with E-state index in [1.165, 1.54) is 17.2 Å². The van der Waals surface area contributed by atoms with Gasteiger partial charge in [-0.2, -0.15) is 4.98 Å². The van der Waals surface area contributed by atoms with Gasteiger partial charge in [-0.25, -0.2) is 9.36 Å². The molecule has 0 saturated carbocycles. The summed E-state index contributed by atoms with van der Waals surface area (Å²) in [6, 6.07) is 8.36. The minimum absolute atomic E-state index is 0.231. The first-order valence-corrected chi connectivity index (χ1v) is 10.6. The lowest BCUT2D eigenvalue weighted by Gasteiger charge is -2.33. The van der Waals surface area contributed by atoms with E-state index in [0.29, 0.717) is 12.5 Å². The number of unbranched alkanes of at least 4 members (excludes halogenated alkanes) is 1. The minimum atomic E-state index is -1.24. The molecule has 31 heavy (non-hydrogen) atoms. The fourth-order valence-corrected chi connectivity index (χ4v) is 4.22. The third kappa shape index (κ3) is 3.64. The SMILES string of the molecule is CCCCc1ccc(N2CC(C)Cn3c2nc2c3c(=O)n(CC(=O)O)c(=O)n2C)cc1. The summed E-state index contributed by atoms with van der Waals surface area (Å²) in [4.78, 5) is 43.6. The van der Waals surface area contributed by atoms with Gasteiger partial charge in [0, 0.05) is 25.8 Å². The van der Waals surface area contributed by atoms with E-state index in [0.717, 1.165) is 36.1 Å². The van der Waals surface area contributed by atoms with Gasteiger partial charge in [-0.1, -0.05) is 32.4 Å². The van der Waals surface area contributed by atoms with Crippen molar-refractivity contribution in [1.82, 2.24) is 18.7 Å². The summed E-state index contributed by atoms with van der Waals surface area (Å²) in [5.41, 5.74) is 1.47. The average Bonchev–Trinajstić information content (AvgIpc) is 3.13. The molecule has 0 spiro atoms. The molecule has 9 nitrogen and oxygen atoms in total. The number of aliphatic carboxylic acids is 1. The Morgan fingerprint density at radius 1 is 1.19 bits per heavy atom. The van der Waals surface area contributed by atoms with Gasteiger partial charge in [-0.15, -0.1) is 0 Å². The highest BCUT2D eigenvalue weighted by molar-refractivity contribution is 5.77. The van der Waals surface area contributed by atoms with Crippen molar-refractivity contribution in [3.63, 3.8) is 0 Å². The number of carboxylic acid groups (broad SMARTS) is 1. The maximum Gasteiger partial charge on any atom is 0.333 e. The van der Waals surface area contributed by atoms with Crippen LogP contribution in [0.25, 0.3) is 11.2 Å². The Morgan fingerprint density at radius 2 is 1.90 bits per heavy atom. The molecule has 4 rings (SSSR count). The quantitative estimate of drug-likeness (QED) is 0.649. The highest BCUT2D eigenvalue weighted by atomic mass is 16.4. The van der Waals surface area contributed by atoms with Crippen molar-refractivity contribution < 1.29 is 9.90 Å². The van der Waals surface area contributed by atoms with Crippen molar-refractivity contribution >= 4 is 28.8 Å². The number of hydrogen-bond donors (Lipinski definition) is 1. The van der Waals surface area contributed by atoms with E-state index in [1.807, 2.05) is 4.57 Å². The van der Waals surface area contributed by atoms with Crippen LogP contribution in [0.15, 0.2) is 33.9 Å². The first-order chi connectivity index (χ1) is 14.8. The summed E-state index contributed by atoms with van der Waals surface area (Å²) in [5, 5.41) is 9.14. The third-order valence-electron chi connectivity index (χ3n) is 5.80. The lowest BCUT2D eigenvalue weighted by molar-refractivity contribution is -0.137. The van der Waals surface area contributed by atoms with Crippen molar-refractivity contribution in [3.8, 4) is 0 Å². The summed E-state index contributed by atoms with van der Waals surface area (Å²) in [7, 11) is 1.51. The lowest BCUT2D eigenvalue weighted by atomic mass is 10.1. The molecule has 1 aliphatic rings. The Hall–Kier alpha value is -3.36. The molecule has 0 saturated heterocycles. The van der Waals surface area contributed by atoms with Crippen molar-refractivity contribution in [3.05, 3.63) is 50.7 Å². The Morgan fingerprint density at radius 3 is 2.55 bits per heavy atom. The number of carboxylic acids is 1. The molecule has 1 atom stereocenters. The first kappa shape index (κ1) is 20.9. The predicted molar refractivity (Wildman–Crippen MR) is 118 cm³/mol. The van der Waals surface area contributed by atoms with Crippen LogP contribution in [-0.4, -0.2) is 36.3 Å². The standard InChI is InChI=1S/C22H27N5O4/c1-4-5-6-15-7-9-16(10-8-15)25-11-14(2)12-26-18-19(23-21(25)26)24(3)22(31)27(20(18)30)13-17(28)29/h7-10,14H,4-6,11-13H2,1-3H3,(H,28,29). The van der Waals surface area contributed by atoms with Crippen LogP contribution < -0.4 is 16.1 Å². The normalized spacial score (nSPS) is 16.0. The fraction of sp³-hybridized carbons (Fsp3) is 0.455. The van der Waals surface area contributed by atoms with Gasteiger partial charge in [0.2, 0.25) is 5.95 Å². The van der Waals surface area contributed by atoms with Crippen LogP contribution in [0.3, 0.4) is 0 Å². The van der Waals surface area contributed by atoms with Gasteiger partial charge in [0.25, 0.3) is 5.56 Å². The number of imidazole rings is 1. The molecule has 0 fully saturated rings. The van der Waals surface area contributed by atoms with E-state index in [4.69, 9.17) is 5.11 Å². The molecule has 1 aliphatic heterocycles. The van der Waals surface area contributed by atoms with E-state index in [-0.39, 0.29) is 17.1 Å². The van der Waals surface area contributed by atoms with Crippen LogP contribution in [0, 0.1) is 5.92 Å². The van der Waals surface area contributed by atoms with Crippen molar-refractivity contribution in [2.75, 3.05) is 11.4 Å². The second kappa shape index (κ2) is 8.05. The van der Waals surface area contributed by atoms with Crippen LogP contribution >= 0.6 is 0 Å². The predicted octanol–water partition coefficient (Wildman–Crippen LogP) is 2.11. The highest BCUT2D eigenvalue weighted by Gasteiger charge is 2.30. The number of nitrogens with zero attached hydrogens (tertiary/aromatic N) is 5. The Bertz CT molecular complexity index is 1250. The molecule has 0 radical (unpaired) electrons. The molecule has 0 bridgehead atoms. The zero-order chi connectivity index (χ0) is 22.3. The molecule has 0 amide bonds. The Balaban J connectivity index is 1.86. The molecule has 2 aromatic heterocycles. The van der Waals surface area contributed by atoms with Gasteiger partial charge in [0.05, 0.1) is 0 Å². The number of benzene rings is 1. The number of aryl methyl sites for hydroxylation is 2. The van der Waals surface area contributed by atoms with E-state index in [2.05, 4.69) is 48.0 Å². The number of hydrogen-bond acceptors (Lipinski definition) is 5. The van der Waals surface area contributed by atoms with Gasteiger partial charge in [-0.3, -0.25) is 14.2 Å². The van der Waals surface area contributed by atoms with Gasteiger partial charge < -0.3 is 14.6 Å². The largest absolute Gasteiger partial charge is 0.480 e. The molecule has 1 N–H and O–H groups in total. The summed E-state index contributed by atoms with van der Waals surface area (Å²) in [6.45, 7) is 4.88. The van der Waals surface area contributed by atoms with Crippen molar-refractivity contribution in [2.24, 2.45) is 13.0 Å². The van der Waals surface area contributed by atoms with Crippen LogP contribution in [0.2, 0.25) is 0 Å². The molecule has 3 aromatic rings. The monoisotopic (exact) mass is 425 g/mol. The topological polar surface area (TPSA) is 102 Å². The van der Waals surface area contributed by atoms with E-state index in [9.17, 15) is 14.4 Å². The van der Waals surface area contributed by atoms with Crippen LogP contribution in [0.5, 0.6) is 0 Å². The Labute approximate surface area is 179 Å². The summed E-state index contributed by atoms with van der Waals surface area (Å²) >= 11 is 0. The second-order valence-corrected chi connectivity index (χ2v) is 8.31. The van der Waals surface area contributed by atoms with E-state index >= 15 is 0 Å². The maximum atomic E-state index is 13.1. The van der Waals surface area contributed by atoms with Crippen molar-refractivity contribution in [1.29, 1.82) is 0 Å². The molecule has 9 heteroatoms. The first-order valence-electron chi connectivity index (χ1n) is 10.6. The molecular formula is C22H27N5O4. The summed E-state index contributed by atoms with van der Waals surface area (Å²) in [6.07, 6.45) is 3.33. The second-order valence-electron chi connectivity index (χ2n) is 8.31. The zero-order valence-electron chi connectivity index (χ0n) is 18.0. The summed E-state index contributed by atoms with van der Waals surface area (Å²) in [5.74, 6) is -0.418. The van der Waals surface area contributed by atoms with Crippen molar-refractivity contribution in [2.45, 2.75) is 46.2 Å². The fourth-order valence-electron chi connectivity index (χ4n) is 4.22. The number of aromatic nitrogens is 4. The van der Waals surface area contributed by atoms with Crippen LogP contribution in [0.4, 0.5) is 11.6 Å². The summed E-state index contributed by atoms with van der Waals surface area (Å²) < 4.78 is 3.82. The van der Waals surface area contributed by atoms with Crippen LogP contribution in [-0.2, 0) is 31.4 Å². The van der Waals surface area contributed by atoms with Gasteiger partial charge >= 0.3 is 11.7 Å². The smallest absolute Gasteiger partial charge is 0.333 e. The molecule has 164 valence electrons. The number of rotatable bonds is 6. The maximum absolute atomic E-state index is 13.1. The van der Waals surface area contributed by atoms with Gasteiger partial charge in [0.15, 0.2) is 11.2 Å². The Kier molecular flexibility index (Phi) is 5.43. The van der Waals surface area contributed by atoms with Gasteiger partial charge in [0.1, 0.15) is 6.54 Å². The molecule has 1 unspecified atom stereocenters. The molecule has 3 heterocycles. The zero-order valence-corrected chi connectivity index (χ0v) is 18.0. The lowest BCUT2D eigenvalue weighted by Crippen LogP contribution is -2.41. The van der Waals surface area contributed by atoms with Crippen LogP contribution in [0.1, 0.15) is 32.3 Å². The number of carbonyl (C=O) groups is 1. The third-order valence-corrected chi connectivity index (χ3v) is 5.80. The van der Waals surface area contributed by atoms with E-state index < -0.39 is 23.8 Å². The number of anilines is 2. The van der Waals surface area contributed by atoms with Gasteiger partial charge in [-0.05, 0) is 36.5 Å². The average molecular weight is 425 g/mol. The highest BCUT2D eigenvalue weighted by Crippen LogP contribution is 2.33. The minimum Gasteiger partial charge on any atom is -0.480 e. The molecule has 0 aliphatic carbocycles. The number of fused-ring (bicyclic) bond motifs is 3. The van der Waals surface area contributed by atoms with E-state index in [1.54, 1.807) is 0 Å². The molecular weight excluding hydrogens is 398 g/mol.